The largest absolute Gasteiger partial charge is 0.296 e. The van der Waals surface area contributed by atoms with Gasteiger partial charge in [-0.3, -0.25) is 4.79 Å². The molecule has 0 atom stereocenters. The molecule has 0 aliphatic heterocycles. The van der Waals surface area contributed by atoms with Gasteiger partial charge in [-0.15, -0.1) is 0 Å². The van der Waals surface area contributed by atoms with Crippen LogP contribution in [0.2, 0.25) is 0 Å². The smallest absolute Gasteiger partial charge is 0.168 e. The first-order chi connectivity index (χ1) is 7.49. The average molecular weight is 217 g/mol. The molecule has 0 spiro atoms. The van der Waals surface area contributed by atoms with Gasteiger partial charge in [-0.2, -0.15) is 5.10 Å². The quantitative estimate of drug-likeness (QED) is 0.724. The maximum absolute atomic E-state index is 10.8. The van der Waals surface area contributed by atoms with Crippen LogP contribution in [0.1, 0.15) is 37.1 Å². The molecule has 0 radical (unpaired) electrons. The van der Waals surface area contributed by atoms with Gasteiger partial charge >= 0.3 is 0 Å². The van der Waals surface area contributed by atoms with E-state index in [0.29, 0.717) is 5.69 Å². The van der Waals surface area contributed by atoms with Gasteiger partial charge < -0.3 is 0 Å². The van der Waals surface area contributed by atoms with Crippen LogP contribution in [0.5, 0.6) is 0 Å². The second kappa shape index (κ2) is 3.70. The molecule has 0 fully saturated rings. The molecule has 0 unspecified atom stereocenters. The zero-order chi connectivity index (χ0) is 11.8. The number of aldehydes is 1. The minimum Gasteiger partial charge on any atom is -0.296 e. The molecule has 0 saturated carbocycles. The molecule has 0 N–H and O–H groups in total. The van der Waals surface area contributed by atoms with Crippen LogP contribution in [0.4, 0.5) is 0 Å². The van der Waals surface area contributed by atoms with Crippen molar-refractivity contribution in [1.82, 2.24) is 14.6 Å². The molecule has 0 saturated heterocycles. The van der Waals surface area contributed by atoms with E-state index in [1.807, 2.05) is 12.1 Å². The van der Waals surface area contributed by atoms with E-state index in [1.165, 1.54) is 0 Å². The molecule has 2 aromatic rings. The highest BCUT2D eigenvalue weighted by Gasteiger charge is 2.15. The highest BCUT2D eigenvalue weighted by Crippen LogP contribution is 2.18. The van der Waals surface area contributed by atoms with Crippen molar-refractivity contribution in [1.29, 1.82) is 0 Å². The van der Waals surface area contributed by atoms with Crippen molar-refractivity contribution in [2.75, 3.05) is 0 Å². The maximum Gasteiger partial charge on any atom is 0.168 e. The van der Waals surface area contributed by atoms with E-state index >= 15 is 0 Å². The number of carbonyl (C=O) groups excluding carboxylic acids is 1. The molecule has 2 heterocycles. The summed E-state index contributed by atoms with van der Waals surface area (Å²) < 4.78 is 1.59. The van der Waals surface area contributed by atoms with E-state index in [9.17, 15) is 4.79 Å². The number of hydrogen-bond acceptors (Lipinski definition) is 3. The third kappa shape index (κ3) is 2.10. The Hall–Kier alpha value is -1.71. The lowest BCUT2D eigenvalue weighted by atomic mass is 9.92. The average Bonchev–Trinajstić information content (AvgIpc) is 2.56. The molecule has 2 rings (SSSR count). The van der Waals surface area contributed by atoms with Gasteiger partial charge in [0.15, 0.2) is 17.8 Å². The second-order valence-electron chi connectivity index (χ2n) is 5.10. The van der Waals surface area contributed by atoms with E-state index < -0.39 is 0 Å². The van der Waals surface area contributed by atoms with Crippen LogP contribution < -0.4 is 0 Å². The summed E-state index contributed by atoms with van der Waals surface area (Å²) in [5, 5.41) is 4.34. The Balaban J connectivity index is 2.48. The van der Waals surface area contributed by atoms with Crippen LogP contribution in [0, 0.1) is 5.41 Å². The first kappa shape index (κ1) is 10.8. The van der Waals surface area contributed by atoms with Gasteiger partial charge in [0.1, 0.15) is 5.69 Å². The Morgan fingerprint density at radius 1 is 1.38 bits per heavy atom. The summed E-state index contributed by atoms with van der Waals surface area (Å²) >= 11 is 0. The minimum absolute atomic E-state index is 0.145. The number of nitrogens with zero attached hydrogens (tertiary/aromatic N) is 3. The van der Waals surface area contributed by atoms with Crippen molar-refractivity contribution in [3.63, 3.8) is 0 Å². The van der Waals surface area contributed by atoms with E-state index in [1.54, 1.807) is 10.6 Å². The number of rotatable bonds is 2. The van der Waals surface area contributed by atoms with Crippen molar-refractivity contribution in [3.8, 4) is 0 Å². The Morgan fingerprint density at radius 3 is 2.75 bits per heavy atom. The summed E-state index contributed by atoms with van der Waals surface area (Å²) in [6.07, 6.45) is 1.59. The zero-order valence-corrected chi connectivity index (χ0v) is 9.77. The number of aromatic nitrogens is 3. The highest BCUT2D eigenvalue weighted by atomic mass is 16.1. The van der Waals surface area contributed by atoms with Crippen LogP contribution in [-0.2, 0) is 6.42 Å². The fourth-order valence-corrected chi connectivity index (χ4v) is 1.61. The van der Waals surface area contributed by atoms with Gasteiger partial charge in [0.25, 0.3) is 0 Å². The molecule has 0 bridgehead atoms. The SMILES string of the molecule is CC(C)(C)Cc1nc2cccc(C=O)n2n1. The first-order valence-corrected chi connectivity index (χ1v) is 5.29. The predicted octanol–water partition coefficient (Wildman–Crippen LogP) is 2.13. The number of fused-ring (bicyclic) bond motifs is 1. The fraction of sp³-hybridized carbons (Fsp3) is 0.417. The predicted molar refractivity (Wildman–Crippen MR) is 61.5 cm³/mol. The Kier molecular flexibility index (Phi) is 2.50. The lowest BCUT2D eigenvalue weighted by molar-refractivity contribution is 0.111. The summed E-state index contributed by atoms with van der Waals surface area (Å²) in [7, 11) is 0. The Morgan fingerprint density at radius 2 is 2.12 bits per heavy atom. The van der Waals surface area contributed by atoms with Gasteiger partial charge in [-0.1, -0.05) is 26.8 Å². The van der Waals surface area contributed by atoms with E-state index in [-0.39, 0.29) is 5.41 Å². The molecule has 4 heteroatoms. The Bertz CT molecular complexity index is 523. The third-order valence-electron chi connectivity index (χ3n) is 2.24. The van der Waals surface area contributed by atoms with Crippen LogP contribution >= 0.6 is 0 Å². The summed E-state index contributed by atoms with van der Waals surface area (Å²) in [6.45, 7) is 6.41. The number of pyridine rings is 1. The molecular formula is C12H15N3O. The lowest BCUT2D eigenvalue weighted by Crippen LogP contribution is -2.10. The molecule has 4 nitrogen and oxygen atoms in total. The Labute approximate surface area is 94.3 Å². The molecule has 0 amide bonds. The van der Waals surface area contributed by atoms with Crippen LogP contribution in [0.25, 0.3) is 5.65 Å². The monoisotopic (exact) mass is 217 g/mol. The molecular weight excluding hydrogens is 202 g/mol. The minimum atomic E-state index is 0.145. The van der Waals surface area contributed by atoms with Crippen molar-refractivity contribution < 1.29 is 4.79 Å². The highest BCUT2D eigenvalue weighted by molar-refractivity contribution is 5.73. The standard InChI is InChI=1S/C12H15N3O/c1-12(2,3)7-10-13-11-6-4-5-9(8-16)15(11)14-10/h4-6,8H,7H2,1-3H3. The van der Waals surface area contributed by atoms with E-state index in [0.717, 1.165) is 24.2 Å². The molecule has 0 aromatic carbocycles. The van der Waals surface area contributed by atoms with Crippen LogP contribution in [0.15, 0.2) is 18.2 Å². The topological polar surface area (TPSA) is 47.3 Å². The number of carbonyl (C=O) groups is 1. The molecule has 0 aliphatic carbocycles. The van der Waals surface area contributed by atoms with Crippen molar-refractivity contribution >= 4 is 11.9 Å². The normalized spacial score (nSPS) is 11.9. The van der Waals surface area contributed by atoms with Crippen LogP contribution in [-0.4, -0.2) is 20.9 Å². The molecule has 2 aromatic heterocycles. The first-order valence-electron chi connectivity index (χ1n) is 5.29. The maximum atomic E-state index is 10.8. The van der Waals surface area contributed by atoms with Gasteiger partial charge in [-0.05, 0) is 17.5 Å². The summed E-state index contributed by atoms with van der Waals surface area (Å²) in [5.41, 5.74) is 1.40. The summed E-state index contributed by atoms with van der Waals surface area (Å²) in [4.78, 5) is 15.2. The van der Waals surface area contributed by atoms with E-state index in [4.69, 9.17) is 0 Å². The zero-order valence-electron chi connectivity index (χ0n) is 9.77. The van der Waals surface area contributed by atoms with E-state index in [2.05, 4.69) is 30.9 Å². The summed E-state index contributed by atoms with van der Waals surface area (Å²) in [5.74, 6) is 0.779. The van der Waals surface area contributed by atoms with Crippen molar-refractivity contribution in [2.45, 2.75) is 27.2 Å². The van der Waals surface area contributed by atoms with Gasteiger partial charge in [0.05, 0.1) is 0 Å². The fourth-order valence-electron chi connectivity index (χ4n) is 1.61. The number of hydrogen-bond donors (Lipinski definition) is 0. The van der Waals surface area contributed by atoms with Crippen molar-refractivity contribution in [2.24, 2.45) is 5.41 Å². The van der Waals surface area contributed by atoms with Gasteiger partial charge in [0.2, 0.25) is 0 Å². The second-order valence-corrected chi connectivity index (χ2v) is 5.10. The lowest BCUT2D eigenvalue weighted by Gasteiger charge is -2.14. The molecule has 16 heavy (non-hydrogen) atoms. The summed E-state index contributed by atoms with van der Waals surface area (Å²) in [6, 6.07) is 5.40. The van der Waals surface area contributed by atoms with Crippen molar-refractivity contribution in [3.05, 3.63) is 29.7 Å². The van der Waals surface area contributed by atoms with Gasteiger partial charge in [-0.25, -0.2) is 9.50 Å². The third-order valence-corrected chi connectivity index (χ3v) is 2.24. The molecule has 84 valence electrons. The molecule has 0 aliphatic rings. The van der Waals surface area contributed by atoms with Gasteiger partial charge in [0, 0.05) is 6.42 Å². The van der Waals surface area contributed by atoms with Crippen LogP contribution in [0.3, 0.4) is 0 Å².